The first kappa shape index (κ1) is 20.2. The molecule has 2 heterocycles. The lowest BCUT2D eigenvalue weighted by atomic mass is 9.91. The summed E-state index contributed by atoms with van der Waals surface area (Å²) >= 11 is 0. The second-order valence-electron chi connectivity index (χ2n) is 9.28. The molecule has 1 aromatic heterocycles. The molecule has 0 radical (unpaired) electrons. The molecule has 6 nitrogen and oxygen atoms in total. The summed E-state index contributed by atoms with van der Waals surface area (Å²) in [5, 5.41) is 6.61. The zero-order valence-electron chi connectivity index (χ0n) is 18.5. The molecule has 2 aromatic rings. The Bertz CT molecular complexity index is 984. The van der Waals surface area contributed by atoms with Gasteiger partial charge in [0.2, 0.25) is 5.95 Å². The van der Waals surface area contributed by atoms with Crippen molar-refractivity contribution in [3.8, 4) is 0 Å². The third-order valence-electron chi connectivity index (χ3n) is 7.20. The van der Waals surface area contributed by atoms with Gasteiger partial charge in [-0.3, -0.25) is 0 Å². The minimum absolute atomic E-state index is 0.220. The van der Waals surface area contributed by atoms with Crippen molar-refractivity contribution in [3.05, 3.63) is 47.9 Å². The van der Waals surface area contributed by atoms with Gasteiger partial charge in [-0.05, 0) is 61.9 Å². The van der Waals surface area contributed by atoms with Crippen LogP contribution in [0, 0.1) is 30.5 Å². The van der Waals surface area contributed by atoms with E-state index in [0.29, 0.717) is 23.7 Å². The number of aryl methyl sites for hydroxylation is 1. The standard InChI is InChI=1S/C24H31FN6/c1-15-12-19(6-7-21(15)31-10-8-30(3)9-11-31)27-24-26-14-20(25)23(29-24)28-22-16(2)17-4-5-18(22)13-17/h4-7,12,14,16-18,22H,8-11,13H2,1-3H3,(H2,26,27,28,29)/t16-,17-,18+,22-/m1/s1. The molecule has 4 atom stereocenters. The Labute approximate surface area is 183 Å². The second kappa shape index (κ2) is 8.11. The minimum atomic E-state index is -0.411. The number of benzene rings is 1. The summed E-state index contributed by atoms with van der Waals surface area (Å²) in [7, 11) is 2.16. The molecule has 2 fully saturated rings. The monoisotopic (exact) mass is 422 g/mol. The highest BCUT2D eigenvalue weighted by Gasteiger charge is 2.42. The summed E-state index contributed by atoms with van der Waals surface area (Å²) in [5.41, 5.74) is 3.38. The lowest BCUT2D eigenvalue weighted by molar-refractivity contribution is 0.312. The van der Waals surface area contributed by atoms with Crippen molar-refractivity contribution in [1.29, 1.82) is 0 Å². The van der Waals surface area contributed by atoms with Gasteiger partial charge in [0.15, 0.2) is 11.6 Å². The van der Waals surface area contributed by atoms with Crippen LogP contribution in [0.4, 0.5) is 27.5 Å². The van der Waals surface area contributed by atoms with Crippen LogP contribution in [0.1, 0.15) is 18.9 Å². The van der Waals surface area contributed by atoms with Crippen LogP contribution in [0.15, 0.2) is 36.5 Å². The molecule has 2 bridgehead atoms. The molecule has 0 unspecified atom stereocenters. The van der Waals surface area contributed by atoms with Gasteiger partial charge in [-0.25, -0.2) is 9.37 Å². The zero-order valence-corrected chi connectivity index (χ0v) is 18.5. The van der Waals surface area contributed by atoms with Gasteiger partial charge >= 0.3 is 0 Å². The van der Waals surface area contributed by atoms with Crippen molar-refractivity contribution >= 4 is 23.1 Å². The van der Waals surface area contributed by atoms with Crippen molar-refractivity contribution in [2.45, 2.75) is 26.3 Å². The van der Waals surface area contributed by atoms with Crippen LogP contribution in [-0.4, -0.2) is 54.1 Å². The van der Waals surface area contributed by atoms with E-state index >= 15 is 0 Å². The highest BCUT2D eigenvalue weighted by Crippen LogP contribution is 2.44. The van der Waals surface area contributed by atoms with E-state index in [1.807, 2.05) is 6.07 Å². The highest BCUT2D eigenvalue weighted by molar-refractivity contribution is 5.64. The fraction of sp³-hybridized carbons (Fsp3) is 0.500. The maximum Gasteiger partial charge on any atom is 0.229 e. The smallest absolute Gasteiger partial charge is 0.229 e. The Balaban J connectivity index is 1.29. The predicted molar refractivity (Wildman–Crippen MR) is 123 cm³/mol. The molecule has 1 saturated heterocycles. The van der Waals surface area contributed by atoms with Gasteiger partial charge in [-0.1, -0.05) is 19.1 Å². The summed E-state index contributed by atoms with van der Waals surface area (Å²) < 4.78 is 14.4. The van der Waals surface area contributed by atoms with Gasteiger partial charge in [0.1, 0.15) is 0 Å². The van der Waals surface area contributed by atoms with Gasteiger partial charge in [0, 0.05) is 43.6 Å². The first-order valence-electron chi connectivity index (χ1n) is 11.3. The molecule has 1 aliphatic heterocycles. The van der Waals surface area contributed by atoms with Crippen LogP contribution in [0.3, 0.4) is 0 Å². The number of halogens is 1. The summed E-state index contributed by atoms with van der Waals surface area (Å²) in [5.74, 6) is 1.79. The van der Waals surface area contributed by atoms with Crippen LogP contribution in [0.2, 0.25) is 0 Å². The first-order valence-corrected chi connectivity index (χ1v) is 11.3. The third kappa shape index (κ3) is 3.99. The quantitative estimate of drug-likeness (QED) is 0.710. The van der Waals surface area contributed by atoms with E-state index in [2.05, 4.69) is 75.6 Å². The van der Waals surface area contributed by atoms with Crippen LogP contribution in [0.25, 0.3) is 0 Å². The van der Waals surface area contributed by atoms with Crippen LogP contribution < -0.4 is 15.5 Å². The average Bonchev–Trinajstić information content (AvgIpc) is 3.34. The molecule has 0 spiro atoms. The maximum absolute atomic E-state index is 14.4. The summed E-state index contributed by atoms with van der Waals surface area (Å²) in [4.78, 5) is 13.4. The number of piperazine rings is 1. The second-order valence-corrected chi connectivity index (χ2v) is 9.28. The van der Waals surface area contributed by atoms with E-state index in [1.54, 1.807) is 0 Å². The van der Waals surface area contributed by atoms with Crippen LogP contribution >= 0.6 is 0 Å². The summed E-state index contributed by atoms with van der Waals surface area (Å²) in [6.45, 7) is 8.59. The first-order chi connectivity index (χ1) is 15.0. The molecule has 1 saturated carbocycles. The van der Waals surface area contributed by atoms with Crippen molar-refractivity contribution in [3.63, 3.8) is 0 Å². The maximum atomic E-state index is 14.4. The van der Waals surface area contributed by atoms with Crippen LogP contribution in [0.5, 0.6) is 0 Å². The van der Waals surface area contributed by atoms with E-state index in [4.69, 9.17) is 0 Å². The fourth-order valence-corrected chi connectivity index (χ4v) is 5.26. The molecule has 5 rings (SSSR count). The van der Waals surface area contributed by atoms with E-state index in [0.717, 1.165) is 38.3 Å². The van der Waals surface area contributed by atoms with E-state index in [9.17, 15) is 4.39 Å². The Morgan fingerprint density at radius 1 is 1.10 bits per heavy atom. The van der Waals surface area contributed by atoms with Crippen molar-refractivity contribution < 1.29 is 4.39 Å². The number of nitrogens with one attached hydrogen (secondary N) is 2. The number of hydrogen-bond acceptors (Lipinski definition) is 6. The molecule has 7 heteroatoms. The van der Waals surface area contributed by atoms with Gasteiger partial charge in [-0.2, -0.15) is 4.98 Å². The number of fused-ring (bicyclic) bond motifs is 2. The molecular formula is C24H31FN6. The molecule has 31 heavy (non-hydrogen) atoms. The fourth-order valence-electron chi connectivity index (χ4n) is 5.26. The van der Waals surface area contributed by atoms with Gasteiger partial charge in [0.25, 0.3) is 0 Å². The Morgan fingerprint density at radius 2 is 1.87 bits per heavy atom. The zero-order chi connectivity index (χ0) is 21.5. The summed E-state index contributed by atoms with van der Waals surface area (Å²) in [6, 6.07) is 6.52. The van der Waals surface area contributed by atoms with Gasteiger partial charge < -0.3 is 20.4 Å². The number of nitrogens with zero attached hydrogens (tertiary/aromatic N) is 4. The number of hydrogen-bond donors (Lipinski definition) is 2. The number of anilines is 4. The van der Waals surface area contributed by atoms with Crippen LogP contribution in [-0.2, 0) is 0 Å². The minimum Gasteiger partial charge on any atom is -0.369 e. The largest absolute Gasteiger partial charge is 0.369 e. The topological polar surface area (TPSA) is 56.3 Å². The molecule has 2 N–H and O–H groups in total. The number of aromatic nitrogens is 2. The molecule has 3 aliphatic rings. The molecule has 164 valence electrons. The number of allylic oxidation sites excluding steroid dienone is 1. The van der Waals surface area contributed by atoms with Gasteiger partial charge in [0.05, 0.1) is 6.20 Å². The average molecular weight is 423 g/mol. The normalized spacial score (nSPS) is 27.7. The molecule has 0 amide bonds. The van der Waals surface area contributed by atoms with Crippen molar-refractivity contribution in [2.24, 2.45) is 17.8 Å². The lowest BCUT2D eigenvalue weighted by Crippen LogP contribution is -2.44. The van der Waals surface area contributed by atoms with E-state index in [1.165, 1.54) is 17.4 Å². The Hall–Kier alpha value is -2.67. The third-order valence-corrected chi connectivity index (χ3v) is 7.20. The summed E-state index contributed by atoms with van der Waals surface area (Å²) in [6.07, 6.45) is 6.95. The highest BCUT2D eigenvalue weighted by atomic mass is 19.1. The Kier molecular flexibility index (Phi) is 5.30. The van der Waals surface area contributed by atoms with E-state index in [-0.39, 0.29) is 11.9 Å². The Morgan fingerprint density at radius 3 is 2.58 bits per heavy atom. The SMILES string of the molecule is Cc1cc(Nc2ncc(F)c(N[C@@H]3[C@H](C)[C@@H]4C=C[C@H]3C4)n2)ccc1N1CCN(C)CC1. The number of rotatable bonds is 5. The van der Waals surface area contributed by atoms with E-state index < -0.39 is 5.82 Å². The van der Waals surface area contributed by atoms with Crippen molar-refractivity contribution in [1.82, 2.24) is 14.9 Å². The van der Waals surface area contributed by atoms with Gasteiger partial charge in [-0.15, -0.1) is 0 Å². The number of likely N-dealkylation sites (N-methyl/N-ethyl adjacent to an activating group) is 1. The predicted octanol–water partition coefficient (Wildman–Crippen LogP) is 4.04. The molecule has 1 aromatic carbocycles. The molecular weight excluding hydrogens is 391 g/mol. The van der Waals surface area contributed by atoms with Crippen molar-refractivity contribution in [2.75, 3.05) is 48.8 Å². The molecule has 2 aliphatic carbocycles. The lowest BCUT2D eigenvalue weighted by Gasteiger charge is -2.35.